The van der Waals surface area contributed by atoms with Gasteiger partial charge in [-0.05, 0) is 83.1 Å². The number of fused-ring (bicyclic) bond motifs is 1. The van der Waals surface area contributed by atoms with Crippen LogP contribution in [0.3, 0.4) is 0 Å². The van der Waals surface area contributed by atoms with E-state index in [9.17, 15) is 4.39 Å². The summed E-state index contributed by atoms with van der Waals surface area (Å²) in [5.74, 6) is 0.670. The first kappa shape index (κ1) is 23.6. The van der Waals surface area contributed by atoms with Crippen molar-refractivity contribution in [3.8, 4) is 0 Å². The maximum atomic E-state index is 12.4. The molecule has 3 aromatic rings. The van der Waals surface area contributed by atoms with Crippen LogP contribution in [-0.2, 0) is 12.8 Å². The van der Waals surface area contributed by atoms with Crippen molar-refractivity contribution in [2.75, 3.05) is 26.3 Å². The van der Waals surface area contributed by atoms with E-state index in [1.165, 1.54) is 33.4 Å². The Morgan fingerprint density at radius 3 is 2.41 bits per heavy atom. The van der Waals surface area contributed by atoms with Crippen molar-refractivity contribution in [2.45, 2.75) is 32.1 Å². The van der Waals surface area contributed by atoms with Gasteiger partial charge in [-0.15, -0.1) is 0 Å². The van der Waals surface area contributed by atoms with Gasteiger partial charge in [0.2, 0.25) is 0 Å². The summed E-state index contributed by atoms with van der Waals surface area (Å²) in [4.78, 5) is 2.35. The SMILES string of the molecule is FCCCN1CC(Cc2ccc(C3=C(c4cccc(Cl)c4Cl)CCCc4ccccc43)cc2)C1. The van der Waals surface area contributed by atoms with Gasteiger partial charge in [-0.3, -0.25) is 4.39 Å². The lowest BCUT2D eigenvalue weighted by atomic mass is 9.86. The molecule has 1 aliphatic carbocycles. The molecule has 0 spiro atoms. The molecule has 4 heteroatoms. The Labute approximate surface area is 212 Å². The number of nitrogens with zero attached hydrogens (tertiary/aromatic N) is 1. The van der Waals surface area contributed by atoms with Crippen LogP contribution in [-0.4, -0.2) is 31.2 Å². The minimum absolute atomic E-state index is 0.218. The van der Waals surface area contributed by atoms with E-state index in [4.69, 9.17) is 23.2 Å². The second kappa shape index (κ2) is 10.6. The molecule has 0 radical (unpaired) electrons. The van der Waals surface area contributed by atoms with Gasteiger partial charge >= 0.3 is 0 Å². The van der Waals surface area contributed by atoms with Gasteiger partial charge in [0.05, 0.1) is 16.7 Å². The zero-order valence-electron chi connectivity index (χ0n) is 19.4. The standard InChI is InChI=1S/C30H30Cl2FN/c31-28-11-4-10-27(30(28)32)26-9-3-7-23-6-1-2-8-25(23)29(26)24-14-12-21(13-15-24)18-22-19-34(20-22)17-5-16-33/h1-2,4,6,8,10-15,22H,3,5,7,9,16-20H2. The van der Waals surface area contributed by atoms with Crippen LogP contribution >= 0.6 is 23.2 Å². The van der Waals surface area contributed by atoms with Crippen LogP contribution in [0.25, 0.3) is 11.1 Å². The summed E-state index contributed by atoms with van der Waals surface area (Å²) >= 11 is 13.1. The first-order valence-electron chi connectivity index (χ1n) is 12.3. The van der Waals surface area contributed by atoms with Crippen LogP contribution in [0.4, 0.5) is 4.39 Å². The second-order valence-electron chi connectivity index (χ2n) is 9.53. The van der Waals surface area contributed by atoms with Crippen LogP contribution in [0, 0.1) is 5.92 Å². The van der Waals surface area contributed by atoms with Crippen LogP contribution < -0.4 is 0 Å². The quantitative estimate of drug-likeness (QED) is 0.321. The highest BCUT2D eigenvalue weighted by molar-refractivity contribution is 6.43. The molecule has 1 fully saturated rings. The monoisotopic (exact) mass is 493 g/mol. The van der Waals surface area contributed by atoms with E-state index in [0.717, 1.165) is 50.9 Å². The van der Waals surface area contributed by atoms with E-state index in [1.807, 2.05) is 12.1 Å². The summed E-state index contributed by atoms with van der Waals surface area (Å²) in [5.41, 5.74) is 8.84. The number of rotatable bonds is 7. The van der Waals surface area contributed by atoms with E-state index in [0.29, 0.717) is 22.4 Å². The Kier molecular flexibility index (Phi) is 7.39. The van der Waals surface area contributed by atoms with E-state index < -0.39 is 0 Å². The van der Waals surface area contributed by atoms with Crippen LogP contribution in [0.1, 0.15) is 47.1 Å². The number of likely N-dealkylation sites (tertiary alicyclic amines) is 1. The molecule has 0 N–H and O–H groups in total. The lowest BCUT2D eigenvalue weighted by molar-refractivity contribution is 0.0968. The number of alkyl halides is 1. The molecule has 34 heavy (non-hydrogen) atoms. The molecule has 1 nitrogen and oxygen atoms in total. The molecule has 0 unspecified atom stereocenters. The van der Waals surface area contributed by atoms with Crippen molar-refractivity contribution in [3.63, 3.8) is 0 Å². The maximum absolute atomic E-state index is 12.4. The summed E-state index contributed by atoms with van der Waals surface area (Å²) in [6.45, 7) is 2.83. The third kappa shape index (κ3) is 4.96. The molecule has 0 bridgehead atoms. The summed E-state index contributed by atoms with van der Waals surface area (Å²) in [5, 5.41) is 1.23. The van der Waals surface area contributed by atoms with Crippen molar-refractivity contribution in [1.82, 2.24) is 4.90 Å². The number of halogens is 3. The molecule has 1 saturated heterocycles. The molecule has 0 atom stereocenters. The molecule has 2 aliphatic rings. The van der Waals surface area contributed by atoms with Gasteiger partial charge in [-0.2, -0.15) is 0 Å². The summed E-state index contributed by atoms with van der Waals surface area (Å²) < 4.78 is 12.4. The van der Waals surface area contributed by atoms with Crippen LogP contribution in [0.15, 0.2) is 66.7 Å². The van der Waals surface area contributed by atoms with Crippen molar-refractivity contribution in [1.29, 1.82) is 0 Å². The molecule has 0 aromatic heterocycles. The van der Waals surface area contributed by atoms with Crippen molar-refractivity contribution in [2.24, 2.45) is 5.92 Å². The lowest BCUT2D eigenvalue weighted by Crippen LogP contribution is -2.47. The lowest BCUT2D eigenvalue weighted by Gasteiger charge is -2.39. The van der Waals surface area contributed by atoms with Gasteiger partial charge in [-0.1, -0.05) is 83.9 Å². The van der Waals surface area contributed by atoms with Gasteiger partial charge < -0.3 is 4.90 Å². The zero-order valence-corrected chi connectivity index (χ0v) is 20.9. The highest BCUT2D eigenvalue weighted by Crippen LogP contribution is 2.43. The Bertz CT molecular complexity index is 1180. The molecule has 1 heterocycles. The van der Waals surface area contributed by atoms with Gasteiger partial charge in [-0.25, -0.2) is 0 Å². The highest BCUT2D eigenvalue weighted by Gasteiger charge is 2.26. The van der Waals surface area contributed by atoms with Crippen LogP contribution in [0.5, 0.6) is 0 Å². The molecule has 0 saturated carbocycles. The highest BCUT2D eigenvalue weighted by atomic mass is 35.5. The molecule has 1 aliphatic heterocycles. The fourth-order valence-corrected chi connectivity index (χ4v) is 5.89. The molecule has 176 valence electrons. The number of hydrogen-bond acceptors (Lipinski definition) is 1. The topological polar surface area (TPSA) is 3.24 Å². The van der Waals surface area contributed by atoms with Gasteiger partial charge in [0, 0.05) is 19.6 Å². The third-order valence-electron chi connectivity index (χ3n) is 7.15. The van der Waals surface area contributed by atoms with E-state index in [-0.39, 0.29) is 6.67 Å². The number of allylic oxidation sites excluding steroid dienone is 1. The van der Waals surface area contributed by atoms with E-state index in [2.05, 4.69) is 59.5 Å². The average Bonchev–Trinajstić information content (AvgIpc) is 3.02. The van der Waals surface area contributed by atoms with Gasteiger partial charge in [0.25, 0.3) is 0 Å². The summed E-state index contributed by atoms with van der Waals surface area (Å²) in [6.07, 6.45) is 4.83. The number of hydrogen-bond donors (Lipinski definition) is 0. The largest absolute Gasteiger partial charge is 0.303 e. The predicted octanol–water partition coefficient (Wildman–Crippen LogP) is 8.12. The molecule has 5 rings (SSSR count). The normalized spacial score (nSPS) is 16.8. The molecule has 3 aromatic carbocycles. The Balaban J connectivity index is 1.47. The smallest absolute Gasteiger partial charge is 0.0906 e. The van der Waals surface area contributed by atoms with E-state index in [1.54, 1.807) is 0 Å². The summed E-state index contributed by atoms with van der Waals surface area (Å²) in [7, 11) is 0. The Morgan fingerprint density at radius 1 is 0.853 bits per heavy atom. The third-order valence-corrected chi connectivity index (χ3v) is 7.96. The zero-order chi connectivity index (χ0) is 23.5. The van der Waals surface area contributed by atoms with Crippen LogP contribution in [0.2, 0.25) is 10.0 Å². The minimum atomic E-state index is -0.218. The summed E-state index contributed by atoms with van der Waals surface area (Å²) in [6, 6.07) is 23.8. The second-order valence-corrected chi connectivity index (χ2v) is 10.3. The fourth-order valence-electron chi connectivity index (χ4n) is 5.47. The Morgan fingerprint density at radius 2 is 1.62 bits per heavy atom. The first-order valence-corrected chi connectivity index (χ1v) is 13.0. The predicted molar refractivity (Wildman–Crippen MR) is 142 cm³/mol. The van der Waals surface area contributed by atoms with Crippen molar-refractivity contribution >= 4 is 34.3 Å². The molecular formula is C30H30Cl2FN. The van der Waals surface area contributed by atoms with Gasteiger partial charge in [0.1, 0.15) is 0 Å². The molecular weight excluding hydrogens is 464 g/mol. The number of benzene rings is 3. The van der Waals surface area contributed by atoms with E-state index >= 15 is 0 Å². The maximum Gasteiger partial charge on any atom is 0.0906 e. The minimum Gasteiger partial charge on any atom is -0.303 e. The Hall–Kier alpha value is -2.13. The molecule has 0 amide bonds. The average molecular weight is 494 g/mol. The van der Waals surface area contributed by atoms with Gasteiger partial charge in [0.15, 0.2) is 0 Å². The number of aryl methyl sites for hydroxylation is 1. The first-order chi connectivity index (χ1) is 16.6. The van der Waals surface area contributed by atoms with Crippen molar-refractivity contribution < 1.29 is 4.39 Å². The van der Waals surface area contributed by atoms with Crippen molar-refractivity contribution in [3.05, 3.63) is 105 Å². The fraction of sp³-hybridized carbons (Fsp3) is 0.333.